The predicted molar refractivity (Wildman–Crippen MR) is 95.9 cm³/mol. The van der Waals surface area contributed by atoms with Crippen LogP contribution in [0.3, 0.4) is 0 Å². The van der Waals surface area contributed by atoms with Crippen molar-refractivity contribution in [1.82, 2.24) is 9.78 Å². The van der Waals surface area contributed by atoms with Crippen molar-refractivity contribution < 1.29 is 5.11 Å². The van der Waals surface area contributed by atoms with Gasteiger partial charge in [-0.2, -0.15) is 5.10 Å². The summed E-state index contributed by atoms with van der Waals surface area (Å²) < 4.78 is 1.84. The van der Waals surface area contributed by atoms with Gasteiger partial charge in [0.2, 0.25) is 0 Å². The van der Waals surface area contributed by atoms with Crippen molar-refractivity contribution in [1.29, 1.82) is 0 Å². The fraction of sp³-hybridized carbons (Fsp3) is 0.278. The Balaban J connectivity index is 1.85. The lowest BCUT2D eigenvalue weighted by Gasteiger charge is -2.07. The molecular formula is C18H21N3OS. The first-order valence-corrected chi connectivity index (χ1v) is 8.53. The van der Waals surface area contributed by atoms with E-state index in [1.54, 1.807) is 11.3 Å². The zero-order valence-corrected chi connectivity index (χ0v) is 14.2. The van der Waals surface area contributed by atoms with Crippen molar-refractivity contribution in [2.75, 3.05) is 11.9 Å². The predicted octanol–water partition coefficient (Wildman–Crippen LogP) is 3.83. The molecule has 0 aliphatic rings. The van der Waals surface area contributed by atoms with Gasteiger partial charge in [-0.15, -0.1) is 11.3 Å². The second-order valence-electron chi connectivity index (χ2n) is 5.54. The summed E-state index contributed by atoms with van der Waals surface area (Å²) >= 11 is 1.79. The maximum absolute atomic E-state index is 9.28. The summed E-state index contributed by atoms with van der Waals surface area (Å²) in [6.45, 7) is 5.52. The van der Waals surface area contributed by atoms with Crippen LogP contribution in [0.4, 0.5) is 5.82 Å². The summed E-state index contributed by atoms with van der Waals surface area (Å²) in [5.74, 6) is 0.934. The van der Waals surface area contributed by atoms with Crippen LogP contribution < -0.4 is 5.32 Å². The van der Waals surface area contributed by atoms with E-state index < -0.39 is 0 Å². The molecule has 3 aromatic rings. The fourth-order valence-corrected chi connectivity index (χ4v) is 3.40. The Labute approximate surface area is 140 Å². The number of aliphatic hydroxyl groups is 1. The number of rotatable bonds is 6. The number of nitrogens with one attached hydrogen (secondary N) is 1. The average Bonchev–Trinajstić information content (AvgIpc) is 3.12. The van der Waals surface area contributed by atoms with Crippen LogP contribution >= 0.6 is 11.3 Å². The lowest BCUT2D eigenvalue weighted by atomic mass is 10.1. The molecular weight excluding hydrogens is 306 g/mol. The zero-order chi connectivity index (χ0) is 16.2. The molecule has 3 rings (SSSR count). The van der Waals surface area contributed by atoms with E-state index in [0.717, 1.165) is 23.6 Å². The minimum Gasteiger partial charge on any atom is -0.394 e. The number of benzene rings is 1. The normalized spacial score (nSPS) is 10.9. The second-order valence-corrected chi connectivity index (χ2v) is 6.91. The number of aliphatic hydroxyl groups excluding tert-OH is 1. The number of thiophene rings is 1. The molecule has 0 unspecified atom stereocenters. The molecule has 0 aliphatic carbocycles. The van der Waals surface area contributed by atoms with Gasteiger partial charge in [-0.25, -0.2) is 4.68 Å². The third-order valence-corrected chi connectivity index (χ3v) is 4.75. The van der Waals surface area contributed by atoms with Crippen LogP contribution in [0.5, 0.6) is 0 Å². The van der Waals surface area contributed by atoms with Gasteiger partial charge >= 0.3 is 0 Å². The first-order chi connectivity index (χ1) is 11.2. The van der Waals surface area contributed by atoms with Crippen LogP contribution in [0.15, 0.2) is 42.5 Å². The van der Waals surface area contributed by atoms with Crippen LogP contribution in [0.1, 0.15) is 15.3 Å². The van der Waals surface area contributed by atoms with E-state index in [2.05, 4.69) is 54.6 Å². The summed E-state index contributed by atoms with van der Waals surface area (Å²) in [6.07, 6.45) is 0. The van der Waals surface area contributed by atoms with Gasteiger partial charge in [0, 0.05) is 21.4 Å². The molecule has 0 fully saturated rings. The molecule has 120 valence electrons. The van der Waals surface area contributed by atoms with Crippen molar-refractivity contribution >= 4 is 17.2 Å². The Morgan fingerprint density at radius 3 is 2.70 bits per heavy atom. The van der Waals surface area contributed by atoms with Gasteiger partial charge in [-0.3, -0.25) is 0 Å². The number of aromatic nitrogens is 2. The summed E-state index contributed by atoms with van der Waals surface area (Å²) in [6, 6.07) is 14.5. The lowest BCUT2D eigenvalue weighted by Crippen LogP contribution is -2.09. The maximum atomic E-state index is 9.28. The van der Waals surface area contributed by atoms with Crippen molar-refractivity contribution in [3.63, 3.8) is 0 Å². The Morgan fingerprint density at radius 2 is 2.00 bits per heavy atom. The van der Waals surface area contributed by atoms with Crippen LogP contribution in [0.25, 0.3) is 11.3 Å². The average molecular weight is 327 g/mol. The molecule has 2 N–H and O–H groups in total. The highest BCUT2D eigenvalue weighted by atomic mass is 32.1. The van der Waals surface area contributed by atoms with Crippen molar-refractivity contribution in [3.05, 3.63) is 57.8 Å². The van der Waals surface area contributed by atoms with Gasteiger partial charge in [0.1, 0.15) is 5.82 Å². The summed E-state index contributed by atoms with van der Waals surface area (Å²) in [5.41, 5.74) is 3.25. The third kappa shape index (κ3) is 3.63. The summed E-state index contributed by atoms with van der Waals surface area (Å²) in [7, 11) is 0. The minimum absolute atomic E-state index is 0.0711. The molecule has 5 heteroatoms. The molecule has 23 heavy (non-hydrogen) atoms. The second kappa shape index (κ2) is 6.98. The van der Waals surface area contributed by atoms with E-state index in [1.165, 1.54) is 15.3 Å². The van der Waals surface area contributed by atoms with E-state index in [4.69, 9.17) is 0 Å². The van der Waals surface area contributed by atoms with Gasteiger partial charge in [0.25, 0.3) is 0 Å². The van der Waals surface area contributed by atoms with Gasteiger partial charge in [0.15, 0.2) is 0 Å². The first kappa shape index (κ1) is 15.8. The highest BCUT2D eigenvalue weighted by molar-refractivity contribution is 7.11. The van der Waals surface area contributed by atoms with Crippen molar-refractivity contribution in [3.8, 4) is 11.3 Å². The van der Waals surface area contributed by atoms with Crippen LogP contribution in [0, 0.1) is 13.8 Å². The van der Waals surface area contributed by atoms with Gasteiger partial charge in [-0.05, 0) is 31.5 Å². The minimum atomic E-state index is 0.0711. The molecule has 0 saturated carbocycles. The topological polar surface area (TPSA) is 50.1 Å². The highest BCUT2D eigenvalue weighted by Crippen LogP contribution is 2.25. The molecule has 4 nitrogen and oxygen atoms in total. The van der Waals surface area contributed by atoms with Crippen molar-refractivity contribution in [2.45, 2.75) is 26.9 Å². The molecule has 0 saturated heterocycles. The zero-order valence-electron chi connectivity index (χ0n) is 13.4. The molecule has 0 bridgehead atoms. The lowest BCUT2D eigenvalue weighted by molar-refractivity contribution is 0.270. The molecule has 0 aliphatic heterocycles. The summed E-state index contributed by atoms with van der Waals surface area (Å²) in [4.78, 5) is 2.60. The SMILES string of the molecule is Cc1ccc(CNc2cc(-c3ccccc3C)nn2CCO)s1. The van der Waals surface area contributed by atoms with E-state index in [-0.39, 0.29) is 6.61 Å². The largest absolute Gasteiger partial charge is 0.394 e. The molecule has 0 atom stereocenters. The number of hydrogen-bond donors (Lipinski definition) is 2. The molecule has 2 heterocycles. The fourth-order valence-electron chi connectivity index (χ4n) is 2.57. The third-order valence-electron chi connectivity index (χ3n) is 3.75. The molecule has 0 amide bonds. The van der Waals surface area contributed by atoms with Crippen LogP contribution in [-0.2, 0) is 13.1 Å². The van der Waals surface area contributed by atoms with Gasteiger partial charge in [-0.1, -0.05) is 24.3 Å². The maximum Gasteiger partial charge on any atom is 0.125 e. The highest BCUT2D eigenvalue weighted by Gasteiger charge is 2.11. The Kier molecular flexibility index (Phi) is 4.79. The Morgan fingerprint density at radius 1 is 1.17 bits per heavy atom. The van der Waals surface area contributed by atoms with Gasteiger partial charge < -0.3 is 10.4 Å². The van der Waals surface area contributed by atoms with E-state index in [1.807, 2.05) is 16.8 Å². The van der Waals surface area contributed by atoms with E-state index in [9.17, 15) is 5.11 Å². The quantitative estimate of drug-likeness (QED) is 0.723. The molecule has 0 radical (unpaired) electrons. The van der Waals surface area contributed by atoms with Crippen LogP contribution in [-0.4, -0.2) is 21.5 Å². The smallest absolute Gasteiger partial charge is 0.125 e. The molecule has 0 spiro atoms. The van der Waals surface area contributed by atoms with E-state index >= 15 is 0 Å². The van der Waals surface area contributed by atoms with Crippen LogP contribution in [0.2, 0.25) is 0 Å². The Bertz CT molecular complexity index is 791. The number of aryl methyl sites for hydroxylation is 2. The number of hydrogen-bond acceptors (Lipinski definition) is 4. The molecule has 2 aromatic heterocycles. The monoisotopic (exact) mass is 327 g/mol. The van der Waals surface area contributed by atoms with Gasteiger partial charge in [0.05, 0.1) is 25.4 Å². The number of anilines is 1. The van der Waals surface area contributed by atoms with E-state index in [0.29, 0.717) is 6.54 Å². The van der Waals surface area contributed by atoms with Crippen molar-refractivity contribution in [2.24, 2.45) is 0 Å². The first-order valence-electron chi connectivity index (χ1n) is 7.71. The Hall–Kier alpha value is -2.11. The number of nitrogens with zero attached hydrogens (tertiary/aromatic N) is 2. The summed E-state index contributed by atoms with van der Waals surface area (Å²) in [5, 5.41) is 17.4. The molecule has 1 aromatic carbocycles. The standard InChI is InChI=1S/C18H21N3OS/c1-13-5-3-4-6-16(13)17-11-18(21(20-17)9-10-22)19-12-15-8-7-14(2)23-15/h3-8,11,19,22H,9-10,12H2,1-2H3.